The van der Waals surface area contributed by atoms with E-state index in [9.17, 15) is 43.2 Å². The van der Waals surface area contributed by atoms with Crippen LogP contribution >= 0.6 is 15.6 Å². The van der Waals surface area contributed by atoms with Crippen molar-refractivity contribution in [3.63, 3.8) is 0 Å². The zero-order valence-corrected chi connectivity index (χ0v) is 59.8. The van der Waals surface area contributed by atoms with Crippen LogP contribution in [0, 0.1) is 23.7 Å². The van der Waals surface area contributed by atoms with Crippen LogP contribution in [-0.2, 0) is 65.4 Å². The van der Waals surface area contributed by atoms with E-state index < -0.39 is 97.5 Å². The van der Waals surface area contributed by atoms with E-state index in [-0.39, 0.29) is 25.7 Å². The SMILES string of the molecule is CCC(C)CCCCCCCCCCCCC(=O)O[C@H](COC(=O)CCCCCCCCCCC(C)C)COP(=O)(O)OCC(O)COP(=O)(O)OC[C@@H](COC(=O)CCCCCCCCCC(C)C)OC(=O)CCCCCCCCCCCCCC(C)C. The van der Waals surface area contributed by atoms with Crippen LogP contribution in [0.4, 0.5) is 0 Å². The van der Waals surface area contributed by atoms with Crippen molar-refractivity contribution in [2.45, 2.75) is 363 Å². The molecule has 4 unspecified atom stereocenters. The number of unbranched alkanes of at least 4 members (excludes halogenated alkanes) is 32. The molecule has 0 spiro atoms. The van der Waals surface area contributed by atoms with Crippen molar-refractivity contribution in [3.8, 4) is 0 Å². The first kappa shape index (κ1) is 87.1. The molecule has 3 N–H and O–H groups in total. The topological polar surface area (TPSA) is 237 Å². The zero-order valence-electron chi connectivity index (χ0n) is 58.1. The summed E-state index contributed by atoms with van der Waals surface area (Å²) in [5, 5.41) is 10.6. The van der Waals surface area contributed by atoms with E-state index >= 15 is 0 Å². The first-order chi connectivity index (χ1) is 42.6. The Morgan fingerprint density at radius 3 is 0.798 bits per heavy atom. The predicted octanol–water partition coefficient (Wildman–Crippen LogP) is 19.7. The highest BCUT2D eigenvalue weighted by Crippen LogP contribution is 2.45. The van der Waals surface area contributed by atoms with Gasteiger partial charge in [0.15, 0.2) is 12.2 Å². The Morgan fingerprint density at radius 1 is 0.315 bits per heavy atom. The number of rotatable bonds is 67. The molecule has 0 rings (SSSR count). The lowest BCUT2D eigenvalue weighted by Crippen LogP contribution is -2.30. The second-order valence-corrected chi connectivity index (χ2v) is 29.8. The predicted molar refractivity (Wildman–Crippen MR) is 358 cm³/mol. The number of hydrogen-bond donors (Lipinski definition) is 3. The fourth-order valence-corrected chi connectivity index (χ4v) is 12.0. The minimum atomic E-state index is -4.95. The van der Waals surface area contributed by atoms with Gasteiger partial charge >= 0.3 is 39.5 Å². The quantitative estimate of drug-likeness (QED) is 0.0222. The van der Waals surface area contributed by atoms with Crippen LogP contribution in [0.5, 0.6) is 0 Å². The maximum absolute atomic E-state index is 13.0. The Bertz CT molecular complexity index is 1770. The summed E-state index contributed by atoms with van der Waals surface area (Å²) < 4.78 is 68.3. The van der Waals surface area contributed by atoms with E-state index in [1.807, 2.05) is 0 Å². The molecule has 89 heavy (non-hydrogen) atoms. The summed E-state index contributed by atoms with van der Waals surface area (Å²) in [5.41, 5.74) is 0. The number of aliphatic hydroxyl groups excluding tert-OH is 1. The fourth-order valence-electron chi connectivity index (χ4n) is 10.5. The van der Waals surface area contributed by atoms with Crippen LogP contribution in [-0.4, -0.2) is 96.7 Å². The molecule has 0 aromatic heterocycles. The number of hydrogen-bond acceptors (Lipinski definition) is 15. The van der Waals surface area contributed by atoms with Crippen molar-refractivity contribution < 1.29 is 80.2 Å². The first-order valence-corrected chi connectivity index (χ1v) is 39.2. The van der Waals surface area contributed by atoms with Crippen molar-refractivity contribution in [1.82, 2.24) is 0 Å². The zero-order chi connectivity index (χ0) is 66.1. The van der Waals surface area contributed by atoms with Crippen molar-refractivity contribution >= 4 is 39.5 Å². The smallest absolute Gasteiger partial charge is 0.462 e. The molecule has 0 saturated heterocycles. The fraction of sp³-hybridized carbons (Fsp3) is 0.943. The second kappa shape index (κ2) is 59.8. The number of ether oxygens (including phenoxy) is 4. The molecule has 0 aromatic carbocycles. The normalized spacial score (nSPS) is 14.6. The maximum Gasteiger partial charge on any atom is 0.472 e. The van der Waals surface area contributed by atoms with Gasteiger partial charge in [0, 0.05) is 25.7 Å². The Morgan fingerprint density at radius 2 is 0.539 bits per heavy atom. The average molecular weight is 1310 g/mol. The Kier molecular flexibility index (Phi) is 58.5. The molecule has 0 saturated carbocycles. The molecule has 0 bridgehead atoms. The van der Waals surface area contributed by atoms with Crippen LogP contribution in [0.1, 0.15) is 344 Å². The summed E-state index contributed by atoms with van der Waals surface area (Å²) in [6.07, 6.45) is 41.7. The Balaban J connectivity index is 5.26. The third-order valence-corrected chi connectivity index (χ3v) is 18.3. The highest BCUT2D eigenvalue weighted by molar-refractivity contribution is 7.47. The summed E-state index contributed by atoms with van der Waals surface area (Å²) in [6.45, 7) is 14.1. The maximum atomic E-state index is 13.0. The van der Waals surface area contributed by atoms with Gasteiger partial charge in [0.05, 0.1) is 26.4 Å². The molecule has 0 aromatic rings. The number of phosphoric ester groups is 2. The molecule has 6 atom stereocenters. The Hall–Kier alpha value is -1.94. The molecule has 0 fully saturated rings. The van der Waals surface area contributed by atoms with Gasteiger partial charge in [-0.3, -0.25) is 37.3 Å². The number of aliphatic hydroxyl groups is 1. The van der Waals surface area contributed by atoms with Crippen molar-refractivity contribution in [1.29, 1.82) is 0 Å². The lowest BCUT2D eigenvalue weighted by Gasteiger charge is -2.21. The van der Waals surface area contributed by atoms with E-state index in [0.717, 1.165) is 114 Å². The van der Waals surface area contributed by atoms with Crippen LogP contribution in [0.15, 0.2) is 0 Å². The highest BCUT2D eigenvalue weighted by Gasteiger charge is 2.30. The number of esters is 4. The standard InChI is InChI=1S/C70H136O17P2/c1-9-63(8)49-41-33-25-16-13-14-18-28-37-45-53-70(75)86-65(56-80-67(72)50-42-34-26-20-19-23-31-39-47-61(4)5)58-84-88(76,77)82-54-64(71)55-83-89(78,79)85-59-66(57-81-68(73)51-43-35-29-21-24-32-40-48-62(6)7)87-69(74)52-44-36-27-17-12-10-11-15-22-30-38-46-60(2)3/h60-66,71H,9-59H2,1-8H3,(H,76,77)(H,78,79)/t63?,64?,65-,66-/m1/s1. The molecular formula is C70H136O17P2. The monoisotopic (exact) mass is 1310 g/mol. The van der Waals surface area contributed by atoms with Crippen molar-refractivity contribution in [2.75, 3.05) is 39.6 Å². The molecule has 0 aliphatic heterocycles. The summed E-state index contributed by atoms with van der Waals surface area (Å²) in [7, 11) is -9.90. The first-order valence-electron chi connectivity index (χ1n) is 36.2. The van der Waals surface area contributed by atoms with Gasteiger partial charge in [-0.25, -0.2) is 9.13 Å². The summed E-state index contributed by atoms with van der Waals surface area (Å²) in [4.78, 5) is 72.5. The van der Waals surface area contributed by atoms with Crippen molar-refractivity contribution in [2.24, 2.45) is 23.7 Å². The number of carbonyl (C=O) groups is 4. The molecular weight excluding hydrogens is 1170 g/mol. The minimum Gasteiger partial charge on any atom is -0.462 e. The molecule has 19 heteroatoms. The molecule has 0 radical (unpaired) electrons. The van der Waals surface area contributed by atoms with Gasteiger partial charge in [-0.15, -0.1) is 0 Å². The van der Waals surface area contributed by atoms with Gasteiger partial charge in [-0.05, 0) is 49.4 Å². The van der Waals surface area contributed by atoms with Gasteiger partial charge < -0.3 is 33.8 Å². The van der Waals surface area contributed by atoms with Gasteiger partial charge in [0.2, 0.25) is 0 Å². The Labute approximate surface area is 543 Å². The molecule has 0 aliphatic carbocycles. The summed E-state index contributed by atoms with van der Waals surface area (Å²) in [6, 6.07) is 0. The van der Waals surface area contributed by atoms with Crippen LogP contribution in [0.2, 0.25) is 0 Å². The van der Waals surface area contributed by atoms with E-state index in [1.54, 1.807) is 0 Å². The van der Waals surface area contributed by atoms with Gasteiger partial charge in [-0.2, -0.15) is 0 Å². The average Bonchev–Trinajstić information content (AvgIpc) is 3.68. The lowest BCUT2D eigenvalue weighted by atomic mass is 9.99. The van der Waals surface area contributed by atoms with E-state index in [1.165, 1.54) is 141 Å². The number of carbonyl (C=O) groups excluding carboxylic acids is 4. The van der Waals surface area contributed by atoms with E-state index in [0.29, 0.717) is 31.6 Å². The lowest BCUT2D eigenvalue weighted by molar-refractivity contribution is -0.161. The van der Waals surface area contributed by atoms with Crippen molar-refractivity contribution in [3.05, 3.63) is 0 Å². The molecule has 0 aliphatic rings. The molecule has 0 heterocycles. The third-order valence-electron chi connectivity index (χ3n) is 16.4. The largest absolute Gasteiger partial charge is 0.472 e. The van der Waals surface area contributed by atoms with Crippen LogP contribution in [0.3, 0.4) is 0 Å². The van der Waals surface area contributed by atoms with Gasteiger partial charge in [0.25, 0.3) is 0 Å². The van der Waals surface area contributed by atoms with Gasteiger partial charge in [0.1, 0.15) is 19.3 Å². The number of phosphoric acid groups is 2. The third kappa shape index (κ3) is 63.2. The molecule has 17 nitrogen and oxygen atoms in total. The molecule has 528 valence electrons. The second-order valence-electron chi connectivity index (χ2n) is 26.9. The molecule has 0 amide bonds. The summed E-state index contributed by atoms with van der Waals surface area (Å²) in [5.74, 6) is 0.869. The van der Waals surface area contributed by atoms with E-state index in [4.69, 9.17) is 37.0 Å². The summed E-state index contributed by atoms with van der Waals surface area (Å²) >= 11 is 0. The van der Waals surface area contributed by atoms with Gasteiger partial charge in [-0.1, -0.05) is 293 Å². The van der Waals surface area contributed by atoms with Crippen LogP contribution < -0.4 is 0 Å². The minimum absolute atomic E-state index is 0.105. The highest BCUT2D eigenvalue weighted by atomic mass is 31.2. The van der Waals surface area contributed by atoms with E-state index in [2.05, 4.69) is 55.4 Å². The van der Waals surface area contributed by atoms with Crippen LogP contribution in [0.25, 0.3) is 0 Å².